The lowest BCUT2D eigenvalue weighted by Gasteiger charge is -2.45. The summed E-state index contributed by atoms with van der Waals surface area (Å²) in [6, 6.07) is 7.89. The molecule has 0 radical (unpaired) electrons. The number of hydrogen-bond acceptors (Lipinski definition) is 6. The van der Waals surface area contributed by atoms with Gasteiger partial charge in [0, 0.05) is 16.9 Å². The van der Waals surface area contributed by atoms with Gasteiger partial charge in [-0.25, -0.2) is 0 Å². The zero-order chi connectivity index (χ0) is 18.6. The maximum absolute atomic E-state index is 10.6. The highest BCUT2D eigenvalue weighted by Crippen LogP contribution is 2.46. The molecule has 1 fully saturated rings. The topological polar surface area (TPSA) is 79.2 Å². The van der Waals surface area contributed by atoms with E-state index in [2.05, 4.69) is 0 Å². The standard InChI is InChI=1S/C19H21ClO5S/c1-9-5-12-8-24-19(18(23)17(22)16(21)10(2)25-19)14(12)7-11(9)6-13-3-4-15(20)26-13/h3-5,7,10,16-18,21-23H,6,8H2,1-2H3/t10-,16-,17+,18-,19+/m1/s1. The predicted molar refractivity (Wildman–Crippen MR) is 98.3 cm³/mol. The maximum Gasteiger partial charge on any atom is 0.225 e. The van der Waals surface area contributed by atoms with Crippen molar-refractivity contribution in [3.63, 3.8) is 0 Å². The first-order chi connectivity index (χ1) is 12.3. The fourth-order valence-electron chi connectivity index (χ4n) is 3.79. The van der Waals surface area contributed by atoms with Crippen LogP contribution < -0.4 is 0 Å². The Bertz CT molecular complexity index is 837. The molecule has 1 aromatic heterocycles. The number of aryl methyl sites for hydroxylation is 1. The van der Waals surface area contributed by atoms with Gasteiger partial charge in [-0.05, 0) is 48.7 Å². The lowest BCUT2D eigenvalue weighted by atomic mass is 9.86. The quantitative estimate of drug-likeness (QED) is 0.726. The van der Waals surface area contributed by atoms with Crippen molar-refractivity contribution in [2.45, 2.75) is 57.1 Å². The lowest BCUT2D eigenvalue weighted by molar-refractivity contribution is -0.362. The molecule has 0 aliphatic carbocycles. The van der Waals surface area contributed by atoms with Crippen LogP contribution in [0.4, 0.5) is 0 Å². The van der Waals surface area contributed by atoms with Crippen molar-refractivity contribution < 1.29 is 24.8 Å². The Morgan fingerprint density at radius 3 is 2.69 bits per heavy atom. The van der Waals surface area contributed by atoms with Gasteiger partial charge in [0.25, 0.3) is 0 Å². The maximum atomic E-state index is 10.6. The molecule has 4 rings (SSSR count). The van der Waals surface area contributed by atoms with Crippen molar-refractivity contribution in [1.82, 2.24) is 0 Å². The SMILES string of the molecule is Cc1cc2c(cc1Cc1ccc(Cl)s1)[C@]1(OC2)O[C@H](C)[C@@H](O)[C@H](O)[C@H]1O. The Balaban J connectivity index is 1.75. The third-order valence-corrected chi connectivity index (χ3v) is 6.51. The van der Waals surface area contributed by atoms with Gasteiger partial charge < -0.3 is 24.8 Å². The van der Waals surface area contributed by atoms with Gasteiger partial charge in [-0.15, -0.1) is 11.3 Å². The Kier molecular flexibility index (Phi) is 4.64. The molecule has 0 amide bonds. The van der Waals surface area contributed by atoms with Gasteiger partial charge in [0.15, 0.2) is 0 Å². The Morgan fingerprint density at radius 2 is 2.00 bits per heavy atom. The fourth-order valence-corrected chi connectivity index (χ4v) is 4.90. The minimum Gasteiger partial charge on any atom is -0.388 e. The van der Waals surface area contributed by atoms with Gasteiger partial charge in [-0.1, -0.05) is 17.7 Å². The molecule has 0 saturated carbocycles. The second kappa shape index (κ2) is 6.56. The van der Waals surface area contributed by atoms with E-state index >= 15 is 0 Å². The zero-order valence-corrected chi connectivity index (χ0v) is 16.0. The first-order valence-corrected chi connectivity index (χ1v) is 9.74. The van der Waals surface area contributed by atoms with Crippen LogP contribution in [0.25, 0.3) is 0 Å². The lowest BCUT2D eigenvalue weighted by Crippen LogP contribution is -2.62. The van der Waals surface area contributed by atoms with Crippen LogP contribution in [0.2, 0.25) is 4.34 Å². The van der Waals surface area contributed by atoms with Gasteiger partial charge in [-0.2, -0.15) is 0 Å². The van der Waals surface area contributed by atoms with Crippen LogP contribution in [-0.4, -0.2) is 39.7 Å². The third-order valence-electron chi connectivity index (χ3n) is 5.28. The molecular weight excluding hydrogens is 376 g/mol. The average molecular weight is 397 g/mol. The van der Waals surface area contributed by atoms with E-state index in [1.54, 1.807) is 6.92 Å². The summed E-state index contributed by atoms with van der Waals surface area (Å²) < 4.78 is 12.5. The molecule has 1 aromatic carbocycles. The Labute approximate surface area is 160 Å². The van der Waals surface area contributed by atoms with Crippen molar-refractivity contribution in [2.24, 2.45) is 0 Å². The third kappa shape index (κ3) is 2.81. The highest BCUT2D eigenvalue weighted by molar-refractivity contribution is 7.16. The number of aliphatic hydroxyl groups excluding tert-OH is 3. The van der Waals surface area contributed by atoms with E-state index in [1.165, 1.54) is 11.3 Å². The van der Waals surface area contributed by atoms with Crippen LogP contribution >= 0.6 is 22.9 Å². The fraction of sp³-hybridized carbons (Fsp3) is 0.474. The number of hydrogen-bond donors (Lipinski definition) is 3. The number of halogens is 1. The number of aliphatic hydroxyl groups is 3. The second-order valence-electron chi connectivity index (χ2n) is 7.02. The largest absolute Gasteiger partial charge is 0.388 e. The molecule has 1 spiro atoms. The average Bonchev–Trinajstić information content (AvgIpc) is 3.16. The summed E-state index contributed by atoms with van der Waals surface area (Å²) in [4.78, 5) is 1.14. The Hall–Kier alpha value is -0.990. The van der Waals surface area contributed by atoms with Crippen LogP contribution in [0.5, 0.6) is 0 Å². The molecule has 3 N–H and O–H groups in total. The van der Waals surface area contributed by atoms with Gasteiger partial charge in [0.2, 0.25) is 5.79 Å². The molecule has 7 heteroatoms. The zero-order valence-electron chi connectivity index (χ0n) is 14.5. The normalized spacial score (nSPS) is 33.6. The minimum absolute atomic E-state index is 0.286. The molecule has 3 heterocycles. The summed E-state index contributed by atoms with van der Waals surface area (Å²) in [7, 11) is 0. The molecule has 1 saturated heterocycles. The van der Waals surface area contributed by atoms with Gasteiger partial charge in [0.05, 0.1) is 17.0 Å². The van der Waals surface area contributed by atoms with E-state index in [0.717, 1.165) is 25.9 Å². The summed E-state index contributed by atoms with van der Waals surface area (Å²) in [6.45, 7) is 3.98. The predicted octanol–water partition coefficient (Wildman–Crippen LogP) is 2.49. The van der Waals surface area contributed by atoms with Crippen molar-refractivity contribution in [2.75, 3.05) is 0 Å². The van der Waals surface area contributed by atoms with E-state index in [-0.39, 0.29) is 6.61 Å². The van der Waals surface area contributed by atoms with Gasteiger partial charge >= 0.3 is 0 Å². The number of ether oxygens (including phenoxy) is 2. The van der Waals surface area contributed by atoms with Gasteiger partial charge in [0.1, 0.15) is 18.3 Å². The summed E-state index contributed by atoms with van der Waals surface area (Å²) in [5.41, 5.74) is 3.83. The van der Waals surface area contributed by atoms with E-state index < -0.39 is 30.2 Å². The summed E-state index contributed by atoms with van der Waals surface area (Å²) in [6.07, 6.45) is -3.84. The number of rotatable bonds is 2. The Morgan fingerprint density at radius 1 is 1.23 bits per heavy atom. The van der Waals surface area contributed by atoms with Crippen molar-refractivity contribution >= 4 is 22.9 Å². The van der Waals surface area contributed by atoms with Crippen LogP contribution in [0.1, 0.15) is 34.1 Å². The van der Waals surface area contributed by atoms with Crippen LogP contribution in [-0.2, 0) is 28.3 Å². The molecule has 2 aromatic rings. The molecule has 5 nitrogen and oxygen atoms in total. The van der Waals surface area contributed by atoms with E-state index in [1.807, 2.05) is 31.2 Å². The van der Waals surface area contributed by atoms with Crippen molar-refractivity contribution in [3.8, 4) is 0 Å². The molecule has 0 bridgehead atoms. The first-order valence-electron chi connectivity index (χ1n) is 8.55. The first kappa shape index (κ1) is 18.4. The van der Waals surface area contributed by atoms with Crippen molar-refractivity contribution in [1.29, 1.82) is 0 Å². The second-order valence-corrected chi connectivity index (χ2v) is 8.82. The van der Waals surface area contributed by atoms with Crippen LogP contribution in [0.15, 0.2) is 24.3 Å². The number of fused-ring (bicyclic) bond motifs is 2. The summed E-state index contributed by atoms with van der Waals surface area (Å²) in [5, 5.41) is 30.9. The summed E-state index contributed by atoms with van der Waals surface area (Å²) in [5.74, 6) is -1.46. The molecule has 0 unspecified atom stereocenters. The van der Waals surface area contributed by atoms with Crippen molar-refractivity contribution in [3.05, 3.63) is 55.7 Å². The molecular formula is C19H21ClO5S. The van der Waals surface area contributed by atoms with Crippen LogP contribution in [0.3, 0.4) is 0 Å². The van der Waals surface area contributed by atoms with Crippen LogP contribution in [0, 0.1) is 6.92 Å². The van der Waals surface area contributed by atoms with E-state index in [4.69, 9.17) is 21.1 Å². The van der Waals surface area contributed by atoms with E-state index in [9.17, 15) is 15.3 Å². The molecule has 2 aliphatic rings. The highest BCUT2D eigenvalue weighted by Gasteiger charge is 2.57. The molecule has 140 valence electrons. The minimum atomic E-state index is -1.46. The number of benzene rings is 1. The molecule has 2 aliphatic heterocycles. The van der Waals surface area contributed by atoms with Gasteiger partial charge in [-0.3, -0.25) is 0 Å². The molecule has 26 heavy (non-hydrogen) atoms. The number of thiophene rings is 1. The summed E-state index contributed by atoms with van der Waals surface area (Å²) >= 11 is 7.57. The smallest absolute Gasteiger partial charge is 0.225 e. The highest BCUT2D eigenvalue weighted by atomic mass is 35.5. The monoisotopic (exact) mass is 396 g/mol. The molecule has 5 atom stereocenters. The van der Waals surface area contributed by atoms with E-state index in [0.29, 0.717) is 12.0 Å².